The molecule has 0 heterocycles. The van der Waals surface area contributed by atoms with Crippen LogP contribution in [-0.2, 0) is 9.47 Å². The van der Waals surface area contributed by atoms with Gasteiger partial charge in [-0.1, -0.05) is 65.8 Å². The fourth-order valence-electron chi connectivity index (χ4n) is 4.39. The molecule has 0 aromatic heterocycles. The van der Waals surface area contributed by atoms with Gasteiger partial charge in [0, 0.05) is 13.1 Å². The van der Waals surface area contributed by atoms with Crippen LogP contribution in [0.4, 0.5) is 0 Å². The second-order valence-electron chi connectivity index (χ2n) is 10.5. The lowest BCUT2D eigenvalue weighted by Gasteiger charge is -2.38. The fourth-order valence-corrected chi connectivity index (χ4v) is 4.39. The highest BCUT2D eigenvalue weighted by Crippen LogP contribution is 2.42. The van der Waals surface area contributed by atoms with Crippen molar-refractivity contribution in [3.8, 4) is 0 Å². The molecule has 1 N–H and O–H groups in total. The summed E-state index contributed by atoms with van der Waals surface area (Å²) in [6, 6.07) is 0. The van der Waals surface area contributed by atoms with E-state index in [-0.39, 0.29) is 0 Å². The molecule has 0 aromatic rings. The zero-order valence-corrected chi connectivity index (χ0v) is 19.6. The van der Waals surface area contributed by atoms with Gasteiger partial charge in [0.15, 0.2) is 0 Å². The maximum atomic E-state index is 5.87. The van der Waals surface area contributed by atoms with Gasteiger partial charge < -0.3 is 14.8 Å². The predicted octanol–water partition coefficient (Wildman–Crippen LogP) is 6.05. The third-order valence-corrected chi connectivity index (χ3v) is 5.69. The standard InChI is InChI=1S/C26H43NO2/c1-21-7-9-22(10-8-21)19-27-15-16-28-17-18-29-24-13-11-23(12-14-24)26(5,6)20-25(2,3)4/h7,9-11,13-14,21,23,27H,8,12,15-20H2,1-6H3/t21-,23?/m0/s1. The first-order valence-corrected chi connectivity index (χ1v) is 11.3. The van der Waals surface area contributed by atoms with E-state index < -0.39 is 0 Å². The minimum Gasteiger partial charge on any atom is -0.492 e. The molecule has 0 saturated heterocycles. The number of ether oxygens (including phenoxy) is 2. The molecular formula is C26H43NO2. The second kappa shape index (κ2) is 11.2. The van der Waals surface area contributed by atoms with E-state index in [0.717, 1.165) is 31.7 Å². The fraction of sp³-hybridized carbons (Fsp3) is 0.692. The minimum absolute atomic E-state index is 0.300. The van der Waals surface area contributed by atoms with Gasteiger partial charge in [0.1, 0.15) is 12.4 Å². The molecule has 164 valence electrons. The van der Waals surface area contributed by atoms with Crippen LogP contribution < -0.4 is 5.32 Å². The van der Waals surface area contributed by atoms with Crippen molar-refractivity contribution in [2.24, 2.45) is 22.7 Å². The Kier molecular flexibility index (Phi) is 9.23. The first-order valence-electron chi connectivity index (χ1n) is 11.3. The highest BCUT2D eigenvalue weighted by molar-refractivity contribution is 5.24. The van der Waals surface area contributed by atoms with Crippen molar-refractivity contribution in [3.63, 3.8) is 0 Å². The van der Waals surface area contributed by atoms with Crippen molar-refractivity contribution in [3.05, 3.63) is 47.8 Å². The Bertz CT molecular complexity index is 619. The van der Waals surface area contributed by atoms with E-state index in [1.807, 2.05) is 0 Å². The molecule has 3 nitrogen and oxygen atoms in total. The van der Waals surface area contributed by atoms with Crippen molar-refractivity contribution < 1.29 is 9.47 Å². The van der Waals surface area contributed by atoms with Gasteiger partial charge in [-0.05, 0) is 59.7 Å². The number of allylic oxidation sites excluding steroid dienone is 5. The molecule has 0 aromatic carbocycles. The van der Waals surface area contributed by atoms with Crippen molar-refractivity contribution in [1.29, 1.82) is 0 Å². The molecule has 1 unspecified atom stereocenters. The van der Waals surface area contributed by atoms with Gasteiger partial charge in [-0.15, -0.1) is 0 Å². The first-order chi connectivity index (χ1) is 13.7. The molecule has 0 saturated carbocycles. The minimum atomic E-state index is 0.300. The van der Waals surface area contributed by atoms with Crippen LogP contribution >= 0.6 is 0 Å². The van der Waals surface area contributed by atoms with E-state index in [2.05, 4.69) is 83.3 Å². The number of nitrogens with one attached hydrogen (secondary N) is 1. The van der Waals surface area contributed by atoms with Gasteiger partial charge in [0.05, 0.1) is 13.2 Å². The van der Waals surface area contributed by atoms with Crippen LogP contribution in [0.2, 0.25) is 0 Å². The van der Waals surface area contributed by atoms with Crippen LogP contribution in [-0.4, -0.2) is 32.9 Å². The molecule has 3 heteroatoms. The van der Waals surface area contributed by atoms with Crippen LogP contribution in [0.3, 0.4) is 0 Å². The van der Waals surface area contributed by atoms with Gasteiger partial charge in [-0.2, -0.15) is 0 Å². The summed E-state index contributed by atoms with van der Waals surface area (Å²) in [5.74, 6) is 2.24. The third-order valence-electron chi connectivity index (χ3n) is 5.69. The van der Waals surface area contributed by atoms with Gasteiger partial charge in [0.2, 0.25) is 0 Å². The lowest BCUT2D eigenvalue weighted by atomic mass is 9.67. The maximum Gasteiger partial charge on any atom is 0.115 e. The van der Waals surface area contributed by atoms with Crippen molar-refractivity contribution in [1.82, 2.24) is 5.32 Å². The monoisotopic (exact) mass is 401 g/mol. The number of hydrogen-bond acceptors (Lipinski definition) is 3. The van der Waals surface area contributed by atoms with Crippen LogP contribution in [0, 0.1) is 22.7 Å². The van der Waals surface area contributed by atoms with Gasteiger partial charge in [-0.25, -0.2) is 0 Å². The molecule has 0 radical (unpaired) electrons. The van der Waals surface area contributed by atoms with E-state index in [1.54, 1.807) is 0 Å². The van der Waals surface area contributed by atoms with Crippen molar-refractivity contribution in [2.45, 2.75) is 60.8 Å². The Balaban J connectivity index is 1.53. The first kappa shape index (κ1) is 24.0. The molecule has 0 fully saturated rings. The van der Waals surface area contributed by atoms with Crippen molar-refractivity contribution in [2.75, 3.05) is 32.9 Å². The van der Waals surface area contributed by atoms with E-state index in [4.69, 9.17) is 9.47 Å². The highest BCUT2D eigenvalue weighted by Gasteiger charge is 2.32. The molecule has 2 atom stereocenters. The normalized spacial score (nSPS) is 22.4. The molecule has 2 rings (SSSR count). The van der Waals surface area contributed by atoms with Crippen LogP contribution in [0.25, 0.3) is 0 Å². The third kappa shape index (κ3) is 9.35. The summed E-state index contributed by atoms with van der Waals surface area (Å²) in [6.07, 6.45) is 17.0. The quantitative estimate of drug-likeness (QED) is 0.427. The lowest BCUT2D eigenvalue weighted by molar-refractivity contribution is 0.0791. The summed E-state index contributed by atoms with van der Waals surface area (Å²) in [6.45, 7) is 17.7. The molecule has 0 aliphatic heterocycles. The van der Waals surface area contributed by atoms with Gasteiger partial charge in [-0.3, -0.25) is 0 Å². The lowest BCUT2D eigenvalue weighted by Crippen LogP contribution is -2.28. The summed E-state index contributed by atoms with van der Waals surface area (Å²) >= 11 is 0. The SMILES string of the molecule is C[C@H]1C=CC(CNCCOCCOC2=CCC(C(C)(C)CC(C)(C)C)C=C2)=CC1. The Morgan fingerprint density at radius 1 is 0.966 bits per heavy atom. The van der Waals surface area contributed by atoms with E-state index in [1.165, 1.54) is 12.0 Å². The topological polar surface area (TPSA) is 30.5 Å². The Morgan fingerprint density at radius 2 is 1.76 bits per heavy atom. The van der Waals surface area contributed by atoms with Crippen LogP contribution in [0.1, 0.15) is 60.8 Å². The summed E-state index contributed by atoms with van der Waals surface area (Å²) in [5.41, 5.74) is 2.03. The Morgan fingerprint density at radius 3 is 2.38 bits per heavy atom. The molecular weight excluding hydrogens is 358 g/mol. The number of hydrogen-bond donors (Lipinski definition) is 1. The average molecular weight is 402 g/mol. The largest absolute Gasteiger partial charge is 0.492 e. The summed E-state index contributed by atoms with van der Waals surface area (Å²) in [5, 5.41) is 3.44. The predicted molar refractivity (Wildman–Crippen MR) is 124 cm³/mol. The van der Waals surface area contributed by atoms with Crippen LogP contribution in [0.5, 0.6) is 0 Å². The molecule has 0 amide bonds. The zero-order chi connectivity index (χ0) is 21.3. The summed E-state index contributed by atoms with van der Waals surface area (Å²) < 4.78 is 11.6. The highest BCUT2D eigenvalue weighted by atomic mass is 16.5. The molecule has 29 heavy (non-hydrogen) atoms. The summed E-state index contributed by atoms with van der Waals surface area (Å²) in [4.78, 5) is 0. The van der Waals surface area contributed by atoms with Gasteiger partial charge >= 0.3 is 0 Å². The van der Waals surface area contributed by atoms with Crippen LogP contribution in [0.15, 0.2) is 47.8 Å². The van der Waals surface area contributed by atoms with Gasteiger partial charge in [0.25, 0.3) is 0 Å². The maximum absolute atomic E-state index is 5.87. The molecule has 0 spiro atoms. The molecule has 2 aliphatic rings. The molecule has 2 aliphatic carbocycles. The number of rotatable bonds is 11. The van der Waals surface area contributed by atoms with E-state index in [0.29, 0.717) is 42.5 Å². The van der Waals surface area contributed by atoms with Crippen molar-refractivity contribution >= 4 is 0 Å². The Hall–Kier alpha value is -1.32. The average Bonchev–Trinajstić information content (AvgIpc) is 2.64. The second-order valence-corrected chi connectivity index (χ2v) is 10.5. The zero-order valence-electron chi connectivity index (χ0n) is 19.6. The van der Waals surface area contributed by atoms with E-state index >= 15 is 0 Å². The Labute approximate surface area is 179 Å². The summed E-state index contributed by atoms with van der Waals surface area (Å²) in [7, 11) is 0. The molecule has 0 bridgehead atoms. The smallest absolute Gasteiger partial charge is 0.115 e. The van der Waals surface area contributed by atoms with E-state index in [9.17, 15) is 0 Å².